The minimum absolute atomic E-state index is 0.172. The van der Waals surface area contributed by atoms with Crippen LogP contribution in [-0.4, -0.2) is 51.9 Å². The predicted molar refractivity (Wildman–Crippen MR) is 83.2 cm³/mol. The molecule has 0 saturated carbocycles. The fourth-order valence-corrected chi connectivity index (χ4v) is 3.45. The molecule has 112 valence electrons. The highest BCUT2D eigenvalue weighted by molar-refractivity contribution is 7.10. The zero-order valence-electron chi connectivity index (χ0n) is 12.4. The molecule has 1 aliphatic rings. The maximum absolute atomic E-state index is 12.5. The molecular weight excluding hydrogens is 284 g/mol. The number of aryl methyl sites for hydroxylation is 1. The lowest BCUT2D eigenvalue weighted by atomic mass is 10.1. The van der Waals surface area contributed by atoms with Gasteiger partial charge in [0.05, 0.1) is 12.5 Å². The Morgan fingerprint density at radius 1 is 1.43 bits per heavy atom. The molecule has 0 N–H and O–H groups in total. The third-order valence-electron chi connectivity index (χ3n) is 4.06. The van der Waals surface area contributed by atoms with Gasteiger partial charge in [-0.05, 0) is 18.5 Å². The van der Waals surface area contributed by atoms with Gasteiger partial charge in [0.15, 0.2) is 0 Å². The van der Waals surface area contributed by atoms with Gasteiger partial charge in [-0.2, -0.15) is 0 Å². The molecule has 1 fully saturated rings. The second kappa shape index (κ2) is 5.99. The Kier molecular flexibility index (Phi) is 4.07. The molecule has 0 bridgehead atoms. The fourth-order valence-electron chi connectivity index (χ4n) is 2.75. The van der Waals surface area contributed by atoms with E-state index in [2.05, 4.69) is 16.9 Å². The Hall–Kier alpha value is -1.66. The molecule has 1 atom stereocenters. The molecule has 2 aromatic rings. The number of hydrogen-bond donors (Lipinski definition) is 0. The standard InChI is InChI=1S/C15H20N4OS/c1-17-7-8-19(14(20)10-12-4-3-9-21-12)11-13(17)15-16-5-6-18(15)2/h3-6,9,13H,7-8,10-11H2,1-2H3. The quantitative estimate of drug-likeness (QED) is 0.864. The van der Waals surface area contributed by atoms with Crippen molar-refractivity contribution in [2.45, 2.75) is 12.5 Å². The largest absolute Gasteiger partial charge is 0.339 e. The summed E-state index contributed by atoms with van der Waals surface area (Å²) >= 11 is 1.64. The summed E-state index contributed by atoms with van der Waals surface area (Å²) in [6.45, 7) is 2.39. The summed E-state index contributed by atoms with van der Waals surface area (Å²) in [6.07, 6.45) is 4.28. The highest BCUT2D eigenvalue weighted by atomic mass is 32.1. The van der Waals surface area contributed by atoms with Crippen LogP contribution in [0.25, 0.3) is 0 Å². The second-order valence-corrected chi connectivity index (χ2v) is 6.52. The Morgan fingerprint density at radius 2 is 2.29 bits per heavy atom. The third kappa shape index (κ3) is 3.01. The van der Waals surface area contributed by atoms with Crippen LogP contribution in [0.3, 0.4) is 0 Å². The molecule has 3 rings (SSSR count). The van der Waals surface area contributed by atoms with Crippen LogP contribution in [0.5, 0.6) is 0 Å². The summed E-state index contributed by atoms with van der Waals surface area (Å²) in [4.78, 5) is 22.3. The number of imidazole rings is 1. The number of aromatic nitrogens is 2. The normalized spacial score (nSPS) is 19.9. The monoisotopic (exact) mass is 304 g/mol. The van der Waals surface area contributed by atoms with E-state index in [-0.39, 0.29) is 11.9 Å². The molecule has 3 heterocycles. The average Bonchev–Trinajstić information content (AvgIpc) is 3.11. The maximum Gasteiger partial charge on any atom is 0.227 e. The number of amides is 1. The Bertz CT molecular complexity index is 607. The number of thiophene rings is 1. The molecular formula is C15H20N4OS. The average molecular weight is 304 g/mol. The molecule has 0 aliphatic carbocycles. The molecule has 1 saturated heterocycles. The highest BCUT2D eigenvalue weighted by Crippen LogP contribution is 2.23. The number of carbonyl (C=O) groups excluding carboxylic acids is 1. The van der Waals surface area contributed by atoms with Crippen molar-refractivity contribution < 1.29 is 4.79 Å². The first-order valence-electron chi connectivity index (χ1n) is 7.13. The summed E-state index contributed by atoms with van der Waals surface area (Å²) in [5, 5.41) is 2.02. The highest BCUT2D eigenvalue weighted by Gasteiger charge is 2.30. The molecule has 0 radical (unpaired) electrons. The SMILES string of the molecule is CN1CCN(C(=O)Cc2cccs2)CC1c1nccn1C. The van der Waals surface area contributed by atoms with E-state index in [9.17, 15) is 4.79 Å². The van der Waals surface area contributed by atoms with E-state index in [0.717, 1.165) is 23.8 Å². The van der Waals surface area contributed by atoms with Gasteiger partial charge in [-0.25, -0.2) is 4.98 Å². The first-order valence-corrected chi connectivity index (χ1v) is 8.00. The van der Waals surface area contributed by atoms with Crippen molar-refractivity contribution in [1.29, 1.82) is 0 Å². The van der Waals surface area contributed by atoms with E-state index >= 15 is 0 Å². The van der Waals surface area contributed by atoms with Crippen LogP contribution < -0.4 is 0 Å². The zero-order valence-corrected chi connectivity index (χ0v) is 13.2. The lowest BCUT2D eigenvalue weighted by Gasteiger charge is -2.39. The Balaban J connectivity index is 1.70. The third-order valence-corrected chi connectivity index (χ3v) is 4.94. The van der Waals surface area contributed by atoms with Gasteiger partial charge in [-0.3, -0.25) is 9.69 Å². The number of likely N-dealkylation sites (N-methyl/N-ethyl adjacent to an activating group) is 1. The number of carbonyl (C=O) groups is 1. The minimum atomic E-state index is 0.172. The van der Waals surface area contributed by atoms with Gasteiger partial charge < -0.3 is 9.47 Å². The molecule has 6 heteroatoms. The van der Waals surface area contributed by atoms with Gasteiger partial charge in [0.1, 0.15) is 5.82 Å². The van der Waals surface area contributed by atoms with E-state index in [1.165, 1.54) is 0 Å². The van der Waals surface area contributed by atoms with Crippen molar-refractivity contribution >= 4 is 17.2 Å². The second-order valence-electron chi connectivity index (χ2n) is 5.49. The van der Waals surface area contributed by atoms with Crippen LogP contribution >= 0.6 is 11.3 Å². The van der Waals surface area contributed by atoms with Crippen molar-refractivity contribution in [3.05, 3.63) is 40.6 Å². The Morgan fingerprint density at radius 3 is 2.95 bits per heavy atom. The van der Waals surface area contributed by atoms with Crippen molar-refractivity contribution in [2.75, 3.05) is 26.7 Å². The van der Waals surface area contributed by atoms with Crippen molar-refractivity contribution in [3.63, 3.8) is 0 Å². The van der Waals surface area contributed by atoms with Crippen LogP contribution in [0.1, 0.15) is 16.7 Å². The van der Waals surface area contributed by atoms with Crippen LogP contribution in [-0.2, 0) is 18.3 Å². The van der Waals surface area contributed by atoms with E-state index < -0.39 is 0 Å². The van der Waals surface area contributed by atoms with Gasteiger partial charge in [-0.15, -0.1) is 11.3 Å². The first kappa shape index (κ1) is 14.3. The summed E-state index contributed by atoms with van der Waals surface area (Å²) in [5.41, 5.74) is 0. The van der Waals surface area contributed by atoms with E-state index in [4.69, 9.17) is 0 Å². The van der Waals surface area contributed by atoms with Crippen LogP contribution in [0.2, 0.25) is 0 Å². The molecule has 1 aliphatic heterocycles. The molecule has 2 aromatic heterocycles. The lowest BCUT2D eigenvalue weighted by molar-refractivity contribution is -0.133. The van der Waals surface area contributed by atoms with Crippen LogP contribution in [0, 0.1) is 0 Å². The lowest BCUT2D eigenvalue weighted by Crippen LogP contribution is -2.50. The summed E-state index contributed by atoms with van der Waals surface area (Å²) in [5.74, 6) is 1.23. The molecule has 21 heavy (non-hydrogen) atoms. The topological polar surface area (TPSA) is 41.4 Å². The molecule has 1 amide bonds. The van der Waals surface area contributed by atoms with Crippen molar-refractivity contribution in [2.24, 2.45) is 7.05 Å². The smallest absolute Gasteiger partial charge is 0.227 e. The molecule has 5 nitrogen and oxygen atoms in total. The fraction of sp³-hybridized carbons (Fsp3) is 0.467. The number of hydrogen-bond acceptors (Lipinski definition) is 4. The van der Waals surface area contributed by atoms with E-state index in [0.29, 0.717) is 13.0 Å². The zero-order chi connectivity index (χ0) is 14.8. The van der Waals surface area contributed by atoms with Gasteiger partial charge in [0.25, 0.3) is 0 Å². The van der Waals surface area contributed by atoms with Gasteiger partial charge >= 0.3 is 0 Å². The van der Waals surface area contributed by atoms with Gasteiger partial charge in [0.2, 0.25) is 5.91 Å². The van der Waals surface area contributed by atoms with Gasteiger partial charge in [-0.1, -0.05) is 6.07 Å². The van der Waals surface area contributed by atoms with Crippen molar-refractivity contribution in [3.8, 4) is 0 Å². The summed E-state index contributed by atoms with van der Waals surface area (Å²) in [6, 6.07) is 4.19. The number of nitrogens with zero attached hydrogens (tertiary/aromatic N) is 4. The summed E-state index contributed by atoms with van der Waals surface area (Å²) < 4.78 is 2.04. The van der Waals surface area contributed by atoms with E-state index in [1.807, 2.05) is 46.4 Å². The van der Waals surface area contributed by atoms with Crippen molar-refractivity contribution in [1.82, 2.24) is 19.4 Å². The first-order chi connectivity index (χ1) is 10.1. The van der Waals surface area contributed by atoms with E-state index in [1.54, 1.807) is 11.3 Å². The maximum atomic E-state index is 12.5. The molecule has 1 unspecified atom stereocenters. The molecule has 0 spiro atoms. The number of rotatable bonds is 3. The predicted octanol–water partition coefficient (Wildman–Crippen LogP) is 1.54. The molecule has 0 aromatic carbocycles. The number of piperazine rings is 1. The minimum Gasteiger partial charge on any atom is -0.339 e. The summed E-state index contributed by atoms with van der Waals surface area (Å²) in [7, 11) is 4.10. The van der Waals surface area contributed by atoms with Crippen LogP contribution in [0.15, 0.2) is 29.9 Å². The van der Waals surface area contributed by atoms with Crippen LogP contribution in [0.4, 0.5) is 0 Å². The Labute approximate surface area is 128 Å². The van der Waals surface area contributed by atoms with Gasteiger partial charge in [0, 0.05) is 44.0 Å².